The number of halogens is 1. The molecule has 1 aromatic carbocycles. The zero-order chi connectivity index (χ0) is 12.1. The molecule has 88 valence electrons. The highest BCUT2D eigenvalue weighted by molar-refractivity contribution is 5.60. The Hall–Kier alpha value is -1.90. The molecule has 0 aliphatic carbocycles. The Labute approximate surface area is 101 Å². The van der Waals surface area contributed by atoms with E-state index in [1.165, 1.54) is 6.07 Å². The molecule has 0 radical (unpaired) electrons. The van der Waals surface area contributed by atoms with E-state index in [1.54, 1.807) is 18.3 Å². The van der Waals surface area contributed by atoms with Crippen molar-refractivity contribution < 1.29 is 4.39 Å². The molecule has 1 heterocycles. The molecule has 0 N–H and O–H groups in total. The van der Waals surface area contributed by atoms with Crippen LogP contribution in [-0.4, -0.2) is 11.5 Å². The molecule has 0 bridgehead atoms. The lowest BCUT2D eigenvalue weighted by atomic mass is 10.2. The molecule has 0 saturated heterocycles. The van der Waals surface area contributed by atoms with Gasteiger partial charge in [0.25, 0.3) is 0 Å². The van der Waals surface area contributed by atoms with Crippen LogP contribution in [0.25, 0.3) is 0 Å². The molecule has 3 heteroatoms. The first-order valence-electron chi connectivity index (χ1n) is 5.76. The third-order valence-electron chi connectivity index (χ3n) is 2.52. The molecule has 0 atom stereocenters. The van der Waals surface area contributed by atoms with Crippen LogP contribution in [0.4, 0.5) is 15.9 Å². The third kappa shape index (κ3) is 2.61. The van der Waals surface area contributed by atoms with Crippen molar-refractivity contribution in [1.82, 2.24) is 4.98 Å². The Balaban J connectivity index is 2.39. The number of benzene rings is 1. The van der Waals surface area contributed by atoms with Crippen molar-refractivity contribution in [3.8, 4) is 0 Å². The first-order chi connectivity index (χ1) is 8.33. The number of aromatic nitrogens is 1. The summed E-state index contributed by atoms with van der Waals surface area (Å²) in [7, 11) is 0. The summed E-state index contributed by atoms with van der Waals surface area (Å²) < 4.78 is 13.8. The summed E-state index contributed by atoms with van der Waals surface area (Å²) in [5, 5.41) is 0. The number of pyridine rings is 1. The van der Waals surface area contributed by atoms with Crippen molar-refractivity contribution in [1.29, 1.82) is 0 Å². The maximum absolute atomic E-state index is 13.8. The zero-order valence-electron chi connectivity index (χ0n) is 9.81. The van der Waals surface area contributed by atoms with Gasteiger partial charge in [0.1, 0.15) is 11.6 Å². The molecule has 2 nitrogen and oxygen atoms in total. The molecule has 1 aromatic heterocycles. The van der Waals surface area contributed by atoms with Gasteiger partial charge in [-0.05, 0) is 30.7 Å². The molecule has 2 rings (SSSR count). The number of nitrogens with zero attached hydrogens (tertiary/aromatic N) is 2. The fourth-order valence-corrected chi connectivity index (χ4v) is 1.77. The van der Waals surface area contributed by atoms with Crippen LogP contribution in [0, 0.1) is 5.82 Å². The number of anilines is 2. The summed E-state index contributed by atoms with van der Waals surface area (Å²) >= 11 is 0. The van der Waals surface area contributed by atoms with E-state index >= 15 is 0 Å². The van der Waals surface area contributed by atoms with Gasteiger partial charge in [-0.15, -0.1) is 0 Å². The average molecular weight is 230 g/mol. The molecule has 17 heavy (non-hydrogen) atoms. The Kier molecular flexibility index (Phi) is 3.70. The molecule has 0 fully saturated rings. The molecule has 0 spiro atoms. The highest BCUT2D eigenvalue weighted by Gasteiger charge is 2.12. The number of para-hydroxylation sites is 1. The van der Waals surface area contributed by atoms with Gasteiger partial charge >= 0.3 is 0 Å². The Bertz CT molecular complexity index is 471. The molecule has 0 amide bonds. The Morgan fingerprint density at radius 3 is 2.53 bits per heavy atom. The van der Waals surface area contributed by atoms with Gasteiger partial charge < -0.3 is 4.90 Å². The molecule has 0 aliphatic heterocycles. The van der Waals surface area contributed by atoms with Gasteiger partial charge in [0, 0.05) is 12.7 Å². The van der Waals surface area contributed by atoms with Crippen LogP contribution in [0.2, 0.25) is 0 Å². The summed E-state index contributed by atoms with van der Waals surface area (Å²) in [6, 6.07) is 12.4. The minimum atomic E-state index is -0.216. The monoisotopic (exact) mass is 230 g/mol. The predicted molar refractivity (Wildman–Crippen MR) is 67.9 cm³/mol. The smallest absolute Gasteiger partial charge is 0.146 e. The third-order valence-corrected chi connectivity index (χ3v) is 2.52. The Morgan fingerprint density at radius 2 is 1.88 bits per heavy atom. The SMILES string of the molecule is CCCN(c1ccccn1)c1ccccc1F. The lowest BCUT2D eigenvalue weighted by Crippen LogP contribution is -2.20. The van der Waals surface area contributed by atoms with Crippen LogP contribution in [0.3, 0.4) is 0 Å². The maximum Gasteiger partial charge on any atom is 0.146 e. The summed E-state index contributed by atoms with van der Waals surface area (Å²) in [6.07, 6.45) is 2.66. The van der Waals surface area contributed by atoms with E-state index < -0.39 is 0 Å². The van der Waals surface area contributed by atoms with Crippen LogP contribution in [0.15, 0.2) is 48.7 Å². The first kappa shape index (κ1) is 11.6. The first-order valence-corrected chi connectivity index (χ1v) is 5.76. The second-order valence-electron chi connectivity index (χ2n) is 3.79. The minimum absolute atomic E-state index is 0.216. The zero-order valence-corrected chi connectivity index (χ0v) is 9.81. The van der Waals surface area contributed by atoms with Gasteiger partial charge in [-0.25, -0.2) is 9.37 Å². The Morgan fingerprint density at radius 1 is 1.12 bits per heavy atom. The van der Waals surface area contributed by atoms with Gasteiger partial charge in [-0.2, -0.15) is 0 Å². The van der Waals surface area contributed by atoms with Gasteiger partial charge in [-0.3, -0.25) is 0 Å². The molecular weight excluding hydrogens is 215 g/mol. The molecule has 2 aromatic rings. The quantitative estimate of drug-likeness (QED) is 0.794. The second kappa shape index (κ2) is 5.43. The van der Waals surface area contributed by atoms with E-state index in [-0.39, 0.29) is 5.82 Å². The van der Waals surface area contributed by atoms with Crippen LogP contribution in [0.5, 0.6) is 0 Å². The summed E-state index contributed by atoms with van der Waals surface area (Å²) in [6.45, 7) is 2.81. The number of rotatable bonds is 4. The predicted octanol–water partition coefficient (Wildman–Crippen LogP) is 3.77. The van der Waals surface area contributed by atoms with E-state index in [0.717, 1.165) is 18.8 Å². The van der Waals surface area contributed by atoms with Crippen molar-refractivity contribution in [3.05, 3.63) is 54.5 Å². The van der Waals surface area contributed by atoms with Gasteiger partial charge in [0.05, 0.1) is 5.69 Å². The molecule has 0 unspecified atom stereocenters. The van der Waals surface area contributed by atoms with Crippen molar-refractivity contribution >= 4 is 11.5 Å². The van der Waals surface area contributed by atoms with E-state index in [2.05, 4.69) is 11.9 Å². The maximum atomic E-state index is 13.8. The minimum Gasteiger partial charge on any atom is -0.324 e. The lowest BCUT2D eigenvalue weighted by molar-refractivity contribution is 0.623. The number of hydrogen-bond donors (Lipinski definition) is 0. The molecule has 0 saturated carbocycles. The van der Waals surface area contributed by atoms with Crippen LogP contribution in [-0.2, 0) is 0 Å². The summed E-state index contributed by atoms with van der Waals surface area (Å²) in [5.74, 6) is 0.561. The normalized spacial score (nSPS) is 10.2. The second-order valence-corrected chi connectivity index (χ2v) is 3.79. The van der Waals surface area contributed by atoms with Crippen molar-refractivity contribution in [2.24, 2.45) is 0 Å². The highest BCUT2D eigenvalue weighted by atomic mass is 19.1. The van der Waals surface area contributed by atoms with E-state index in [9.17, 15) is 4.39 Å². The van der Waals surface area contributed by atoms with Gasteiger partial charge in [0.15, 0.2) is 0 Å². The van der Waals surface area contributed by atoms with Crippen molar-refractivity contribution in [2.45, 2.75) is 13.3 Å². The van der Waals surface area contributed by atoms with E-state index in [4.69, 9.17) is 0 Å². The van der Waals surface area contributed by atoms with Gasteiger partial charge in [-0.1, -0.05) is 25.1 Å². The number of hydrogen-bond acceptors (Lipinski definition) is 2. The summed E-state index contributed by atoms with van der Waals surface area (Å²) in [4.78, 5) is 6.17. The highest BCUT2D eigenvalue weighted by Crippen LogP contribution is 2.25. The fourth-order valence-electron chi connectivity index (χ4n) is 1.77. The fraction of sp³-hybridized carbons (Fsp3) is 0.214. The van der Waals surface area contributed by atoms with Gasteiger partial charge in [0.2, 0.25) is 0 Å². The summed E-state index contributed by atoms with van der Waals surface area (Å²) in [5.41, 5.74) is 0.577. The largest absolute Gasteiger partial charge is 0.324 e. The van der Waals surface area contributed by atoms with Crippen molar-refractivity contribution in [3.63, 3.8) is 0 Å². The standard InChI is InChI=1S/C14H15FN2/c1-2-11-17(14-9-5-6-10-16-14)13-8-4-3-7-12(13)15/h3-10H,2,11H2,1H3. The average Bonchev–Trinajstić information content (AvgIpc) is 2.38. The van der Waals surface area contributed by atoms with Crippen molar-refractivity contribution in [2.75, 3.05) is 11.4 Å². The van der Waals surface area contributed by atoms with E-state index in [0.29, 0.717) is 5.69 Å². The van der Waals surface area contributed by atoms with E-state index in [1.807, 2.05) is 29.2 Å². The molecule has 0 aliphatic rings. The topological polar surface area (TPSA) is 16.1 Å². The van der Waals surface area contributed by atoms with Crippen LogP contribution in [0.1, 0.15) is 13.3 Å². The lowest BCUT2D eigenvalue weighted by Gasteiger charge is -2.23. The van der Waals surface area contributed by atoms with Crippen LogP contribution >= 0.6 is 0 Å². The molecular formula is C14H15FN2. The van der Waals surface area contributed by atoms with Crippen LogP contribution < -0.4 is 4.90 Å².